The summed E-state index contributed by atoms with van der Waals surface area (Å²) in [6.45, 7) is 0. The largest absolute Gasteiger partial charge is 0.497 e. The molecular weight excluding hydrogens is 350 g/mol. The van der Waals surface area contributed by atoms with Gasteiger partial charge in [0.2, 0.25) is 5.91 Å². The van der Waals surface area contributed by atoms with Crippen LogP contribution in [0.3, 0.4) is 0 Å². The molecule has 5 nitrogen and oxygen atoms in total. The molecule has 140 valence electrons. The van der Waals surface area contributed by atoms with Gasteiger partial charge in [-0.25, -0.2) is 4.98 Å². The number of H-pyrrole nitrogens is 1. The average Bonchev–Trinajstić information content (AvgIpc) is 3.11. The van der Waals surface area contributed by atoms with Crippen molar-refractivity contribution in [2.75, 3.05) is 12.4 Å². The number of aromatic nitrogens is 2. The molecule has 28 heavy (non-hydrogen) atoms. The van der Waals surface area contributed by atoms with Gasteiger partial charge in [-0.2, -0.15) is 0 Å². The molecular formula is C23H21N3O2. The number of carbonyl (C=O) groups is 1. The first-order chi connectivity index (χ1) is 13.7. The molecule has 0 saturated heterocycles. The Morgan fingerprint density at radius 3 is 2.57 bits per heavy atom. The van der Waals surface area contributed by atoms with Crippen LogP contribution in [0.5, 0.6) is 5.75 Å². The number of ether oxygens (including phenoxy) is 1. The molecule has 0 aliphatic carbocycles. The minimum absolute atomic E-state index is 0.0512. The van der Waals surface area contributed by atoms with Crippen molar-refractivity contribution in [3.05, 3.63) is 78.5 Å². The van der Waals surface area contributed by atoms with Gasteiger partial charge in [0.1, 0.15) is 11.6 Å². The van der Waals surface area contributed by atoms with Gasteiger partial charge in [-0.3, -0.25) is 4.79 Å². The molecule has 2 heterocycles. The smallest absolute Gasteiger partial charge is 0.225 e. The molecule has 2 aromatic carbocycles. The first-order valence-electron chi connectivity index (χ1n) is 9.19. The molecule has 4 aromatic rings. The van der Waals surface area contributed by atoms with Crippen LogP contribution in [0.2, 0.25) is 0 Å². The normalized spacial score (nSPS) is 10.8. The highest BCUT2D eigenvalue weighted by molar-refractivity contribution is 5.93. The monoisotopic (exact) mass is 371 g/mol. The average molecular weight is 371 g/mol. The topological polar surface area (TPSA) is 67.0 Å². The van der Waals surface area contributed by atoms with Gasteiger partial charge in [-0.05, 0) is 60.0 Å². The Hall–Kier alpha value is -3.60. The second kappa shape index (κ2) is 7.96. The maximum Gasteiger partial charge on any atom is 0.225 e. The lowest BCUT2D eigenvalue weighted by Gasteiger charge is -2.07. The summed E-state index contributed by atoms with van der Waals surface area (Å²) in [5, 5.41) is 3.99. The number of para-hydroxylation sites is 1. The van der Waals surface area contributed by atoms with Gasteiger partial charge < -0.3 is 15.0 Å². The molecule has 0 radical (unpaired) electrons. The van der Waals surface area contributed by atoms with Gasteiger partial charge >= 0.3 is 0 Å². The summed E-state index contributed by atoms with van der Waals surface area (Å²) < 4.78 is 5.26. The molecule has 0 fully saturated rings. The highest BCUT2D eigenvalue weighted by atomic mass is 16.5. The fraction of sp³-hybridized carbons (Fsp3) is 0.130. The maximum absolute atomic E-state index is 12.4. The maximum atomic E-state index is 12.4. The molecule has 0 bridgehead atoms. The van der Waals surface area contributed by atoms with Crippen molar-refractivity contribution in [1.29, 1.82) is 0 Å². The second-order valence-electron chi connectivity index (χ2n) is 6.52. The molecule has 5 heteroatoms. The lowest BCUT2D eigenvalue weighted by Crippen LogP contribution is -2.13. The molecule has 0 atom stereocenters. The van der Waals surface area contributed by atoms with Crippen LogP contribution in [0.1, 0.15) is 12.0 Å². The molecule has 0 aliphatic heterocycles. The van der Waals surface area contributed by atoms with E-state index in [-0.39, 0.29) is 5.91 Å². The quantitative estimate of drug-likeness (QED) is 0.511. The van der Waals surface area contributed by atoms with E-state index in [2.05, 4.69) is 27.4 Å². The minimum atomic E-state index is -0.0512. The van der Waals surface area contributed by atoms with Crippen LogP contribution in [0, 0.1) is 0 Å². The first-order valence-corrected chi connectivity index (χ1v) is 9.19. The number of methoxy groups -OCH3 is 1. The van der Waals surface area contributed by atoms with Crippen LogP contribution in [-0.2, 0) is 11.2 Å². The summed E-state index contributed by atoms with van der Waals surface area (Å²) in [5.41, 5.74) is 4.30. The van der Waals surface area contributed by atoms with Gasteiger partial charge in [0.05, 0.1) is 7.11 Å². The Morgan fingerprint density at radius 2 is 1.82 bits per heavy atom. The van der Waals surface area contributed by atoms with Gasteiger partial charge in [-0.15, -0.1) is 0 Å². The predicted molar refractivity (Wildman–Crippen MR) is 111 cm³/mol. The summed E-state index contributed by atoms with van der Waals surface area (Å²) in [7, 11) is 1.66. The number of pyridine rings is 1. The molecule has 0 aliphatic rings. The Labute approximate surface area is 163 Å². The van der Waals surface area contributed by atoms with Crippen molar-refractivity contribution in [1.82, 2.24) is 9.97 Å². The predicted octanol–water partition coefficient (Wildman–Crippen LogP) is 4.81. The Bertz CT molecular complexity index is 1090. The third-order valence-corrected chi connectivity index (χ3v) is 4.73. The summed E-state index contributed by atoms with van der Waals surface area (Å²) >= 11 is 0. The fourth-order valence-corrected chi connectivity index (χ4v) is 3.34. The van der Waals surface area contributed by atoms with E-state index in [1.165, 1.54) is 0 Å². The number of hydrogen-bond donors (Lipinski definition) is 2. The standard InChI is InChI=1S/C23H21N3O2/c1-28-17-11-9-16(10-12-17)23-19(18-6-2-3-7-20(18)25-23)13-14-22(27)26-21-8-4-5-15-24-21/h2-12,15,25H,13-14H2,1H3,(H,24,26,27). The van der Waals surface area contributed by atoms with Crippen molar-refractivity contribution >= 4 is 22.6 Å². The van der Waals surface area contributed by atoms with E-state index >= 15 is 0 Å². The highest BCUT2D eigenvalue weighted by Crippen LogP contribution is 2.32. The Balaban J connectivity index is 1.60. The van der Waals surface area contributed by atoms with E-state index in [1.807, 2.05) is 48.5 Å². The van der Waals surface area contributed by atoms with Crippen LogP contribution >= 0.6 is 0 Å². The van der Waals surface area contributed by atoms with Crippen LogP contribution in [0.4, 0.5) is 5.82 Å². The molecule has 0 saturated carbocycles. The zero-order chi connectivity index (χ0) is 19.3. The van der Waals surface area contributed by atoms with E-state index in [9.17, 15) is 4.79 Å². The zero-order valence-electron chi connectivity index (χ0n) is 15.6. The van der Waals surface area contributed by atoms with Crippen LogP contribution in [0.25, 0.3) is 22.2 Å². The number of nitrogens with zero attached hydrogens (tertiary/aromatic N) is 1. The zero-order valence-corrected chi connectivity index (χ0v) is 15.6. The van der Waals surface area contributed by atoms with Crippen molar-refractivity contribution in [2.45, 2.75) is 12.8 Å². The lowest BCUT2D eigenvalue weighted by atomic mass is 10.0. The van der Waals surface area contributed by atoms with E-state index in [1.54, 1.807) is 19.4 Å². The van der Waals surface area contributed by atoms with E-state index < -0.39 is 0 Å². The molecule has 0 spiro atoms. The van der Waals surface area contributed by atoms with Crippen LogP contribution in [0.15, 0.2) is 72.9 Å². The Morgan fingerprint density at radius 1 is 1.04 bits per heavy atom. The SMILES string of the molecule is COc1ccc(-c2[nH]c3ccccc3c2CCC(=O)Nc2ccccn2)cc1. The Kier molecular flexibility index (Phi) is 5.06. The number of aromatic amines is 1. The van der Waals surface area contributed by atoms with E-state index in [4.69, 9.17) is 4.74 Å². The van der Waals surface area contributed by atoms with Gasteiger partial charge in [0, 0.05) is 29.2 Å². The first kappa shape index (κ1) is 17.8. The number of carbonyl (C=O) groups excluding carboxylic acids is 1. The van der Waals surface area contributed by atoms with Crippen molar-refractivity contribution < 1.29 is 9.53 Å². The fourth-order valence-electron chi connectivity index (χ4n) is 3.34. The summed E-state index contributed by atoms with van der Waals surface area (Å²) in [6.07, 6.45) is 2.67. The van der Waals surface area contributed by atoms with Gasteiger partial charge in [0.25, 0.3) is 0 Å². The molecule has 4 rings (SSSR count). The van der Waals surface area contributed by atoms with Crippen molar-refractivity contribution in [2.24, 2.45) is 0 Å². The van der Waals surface area contributed by atoms with E-state index in [0.717, 1.165) is 33.5 Å². The number of anilines is 1. The third-order valence-electron chi connectivity index (χ3n) is 4.73. The number of benzene rings is 2. The molecule has 2 N–H and O–H groups in total. The second-order valence-corrected chi connectivity index (χ2v) is 6.52. The molecule has 0 unspecified atom stereocenters. The van der Waals surface area contributed by atoms with Gasteiger partial charge in [0.15, 0.2) is 0 Å². The minimum Gasteiger partial charge on any atom is -0.497 e. The van der Waals surface area contributed by atoms with E-state index in [0.29, 0.717) is 18.7 Å². The summed E-state index contributed by atoms with van der Waals surface area (Å²) in [5.74, 6) is 1.34. The van der Waals surface area contributed by atoms with Crippen molar-refractivity contribution in [3.8, 4) is 17.0 Å². The van der Waals surface area contributed by atoms with Crippen LogP contribution < -0.4 is 10.1 Å². The number of aryl methyl sites for hydroxylation is 1. The summed E-state index contributed by atoms with van der Waals surface area (Å²) in [4.78, 5) is 20.0. The van der Waals surface area contributed by atoms with Gasteiger partial charge in [-0.1, -0.05) is 24.3 Å². The lowest BCUT2D eigenvalue weighted by molar-refractivity contribution is -0.116. The highest BCUT2D eigenvalue weighted by Gasteiger charge is 2.15. The third kappa shape index (κ3) is 3.74. The number of fused-ring (bicyclic) bond motifs is 1. The van der Waals surface area contributed by atoms with Crippen LogP contribution in [-0.4, -0.2) is 23.0 Å². The number of rotatable bonds is 6. The number of nitrogens with one attached hydrogen (secondary N) is 2. The molecule has 2 aromatic heterocycles. The summed E-state index contributed by atoms with van der Waals surface area (Å²) in [6, 6.07) is 21.6. The van der Waals surface area contributed by atoms with Crippen molar-refractivity contribution in [3.63, 3.8) is 0 Å². The number of amides is 1. The number of hydrogen-bond acceptors (Lipinski definition) is 3. The molecule has 1 amide bonds.